The topological polar surface area (TPSA) is 29.9 Å². The summed E-state index contributed by atoms with van der Waals surface area (Å²) < 4.78 is 1.99. The van der Waals surface area contributed by atoms with Gasteiger partial charge < -0.3 is 5.32 Å². The van der Waals surface area contributed by atoms with Gasteiger partial charge in [-0.2, -0.15) is 5.10 Å². The molecule has 16 heavy (non-hydrogen) atoms. The molecule has 0 aliphatic rings. The lowest BCUT2D eigenvalue weighted by atomic mass is 10.0. The van der Waals surface area contributed by atoms with Crippen LogP contribution in [0.1, 0.15) is 57.6 Å². The van der Waals surface area contributed by atoms with Crippen LogP contribution in [0.25, 0.3) is 0 Å². The van der Waals surface area contributed by atoms with Crippen LogP contribution in [-0.2, 0) is 6.54 Å². The minimum Gasteiger partial charge on any atom is -0.313 e. The summed E-state index contributed by atoms with van der Waals surface area (Å²) in [5.74, 6) is 0. The normalized spacial score (nSPS) is 12.9. The van der Waals surface area contributed by atoms with Crippen molar-refractivity contribution in [2.75, 3.05) is 7.05 Å². The van der Waals surface area contributed by atoms with Gasteiger partial charge in [-0.1, -0.05) is 32.6 Å². The van der Waals surface area contributed by atoms with Crippen LogP contribution < -0.4 is 5.32 Å². The highest BCUT2D eigenvalue weighted by molar-refractivity contribution is 5.10. The van der Waals surface area contributed by atoms with E-state index in [0.29, 0.717) is 6.04 Å². The Morgan fingerprint density at radius 1 is 1.31 bits per heavy atom. The maximum Gasteiger partial charge on any atom is 0.0537 e. The highest BCUT2D eigenvalue weighted by Crippen LogP contribution is 2.19. The molecular weight excluding hydrogens is 198 g/mol. The van der Waals surface area contributed by atoms with E-state index in [9.17, 15) is 0 Å². The first-order chi connectivity index (χ1) is 7.81. The van der Waals surface area contributed by atoms with Gasteiger partial charge in [0.25, 0.3) is 0 Å². The van der Waals surface area contributed by atoms with E-state index in [-0.39, 0.29) is 0 Å². The Labute approximate surface area is 99.2 Å². The number of nitrogens with one attached hydrogen (secondary N) is 1. The lowest BCUT2D eigenvalue weighted by molar-refractivity contribution is 0.504. The largest absolute Gasteiger partial charge is 0.313 e. The van der Waals surface area contributed by atoms with Gasteiger partial charge in [-0.3, -0.25) is 4.68 Å². The van der Waals surface area contributed by atoms with Crippen LogP contribution in [0, 0.1) is 0 Å². The van der Waals surface area contributed by atoms with Gasteiger partial charge in [0.1, 0.15) is 0 Å². The van der Waals surface area contributed by atoms with Crippen LogP contribution >= 0.6 is 0 Å². The molecule has 0 bridgehead atoms. The number of nitrogens with zero attached hydrogens (tertiary/aromatic N) is 2. The van der Waals surface area contributed by atoms with Crippen molar-refractivity contribution >= 4 is 0 Å². The minimum atomic E-state index is 0.470. The fourth-order valence-corrected chi connectivity index (χ4v) is 1.99. The van der Waals surface area contributed by atoms with Gasteiger partial charge in [0, 0.05) is 24.3 Å². The summed E-state index contributed by atoms with van der Waals surface area (Å²) in [5, 5.41) is 7.70. The molecule has 1 aromatic rings. The van der Waals surface area contributed by atoms with Gasteiger partial charge in [-0.25, -0.2) is 0 Å². The van der Waals surface area contributed by atoms with E-state index in [1.807, 2.05) is 17.9 Å². The Morgan fingerprint density at radius 3 is 2.69 bits per heavy atom. The van der Waals surface area contributed by atoms with Gasteiger partial charge in [-0.15, -0.1) is 0 Å². The average molecular weight is 223 g/mol. The molecule has 0 aliphatic carbocycles. The molecule has 1 aromatic heterocycles. The average Bonchev–Trinajstić information content (AvgIpc) is 2.78. The van der Waals surface area contributed by atoms with E-state index in [4.69, 9.17) is 0 Å². The van der Waals surface area contributed by atoms with Crippen LogP contribution in [0.3, 0.4) is 0 Å². The predicted molar refractivity (Wildman–Crippen MR) is 68.5 cm³/mol. The summed E-state index contributed by atoms with van der Waals surface area (Å²) in [4.78, 5) is 0. The molecule has 1 heterocycles. The molecule has 0 saturated heterocycles. The van der Waals surface area contributed by atoms with Crippen molar-refractivity contribution in [1.82, 2.24) is 15.1 Å². The first-order valence-electron chi connectivity index (χ1n) is 6.51. The maximum atomic E-state index is 4.32. The minimum absolute atomic E-state index is 0.470. The van der Waals surface area contributed by atoms with Gasteiger partial charge in [0.2, 0.25) is 0 Å². The first kappa shape index (κ1) is 13.2. The molecule has 0 spiro atoms. The van der Waals surface area contributed by atoms with E-state index in [1.54, 1.807) is 0 Å². The van der Waals surface area contributed by atoms with Crippen molar-refractivity contribution in [2.24, 2.45) is 0 Å². The molecule has 1 atom stereocenters. The van der Waals surface area contributed by atoms with Crippen molar-refractivity contribution in [1.29, 1.82) is 0 Å². The van der Waals surface area contributed by atoms with Crippen molar-refractivity contribution < 1.29 is 0 Å². The molecule has 3 heteroatoms. The number of hydrogen-bond acceptors (Lipinski definition) is 2. The molecule has 1 N–H and O–H groups in total. The van der Waals surface area contributed by atoms with Crippen molar-refractivity contribution in [3.8, 4) is 0 Å². The highest BCUT2D eigenvalue weighted by Gasteiger charge is 2.10. The quantitative estimate of drug-likeness (QED) is 0.686. The van der Waals surface area contributed by atoms with Crippen LogP contribution in [0.4, 0.5) is 0 Å². The molecule has 1 unspecified atom stereocenters. The summed E-state index contributed by atoms with van der Waals surface area (Å²) in [7, 11) is 2.04. The van der Waals surface area contributed by atoms with Crippen LogP contribution in [-0.4, -0.2) is 16.8 Å². The van der Waals surface area contributed by atoms with E-state index in [1.165, 1.54) is 37.7 Å². The Kier molecular flexibility index (Phi) is 6.16. The third-order valence-corrected chi connectivity index (χ3v) is 3.07. The first-order valence-corrected chi connectivity index (χ1v) is 6.51. The molecule has 0 fully saturated rings. The number of hydrogen-bond donors (Lipinski definition) is 1. The van der Waals surface area contributed by atoms with Crippen LogP contribution in [0.2, 0.25) is 0 Å². The molecule has 92 valence electrons. The van der Waals surface area contributed by atoms with Gasteiger partial charge >= 0.3 is 0 Å². The van der Waals surface area contributed by atoms with Gasteiger partial charge in [0.05, 0.1) is 6.20 Å². The second kappa shape index (κ2) is 7.44. The lowest BCUT2D eigenvalue weighted by Gasteiger charge is -2.13. The van der Waals surface area contributed by atoms with E-state index in [0.717, 1.165) is 6.54 Å². The number of unbranched alkanes of at least 4 members (excludes halogenated alkanes) is 3. The molecule has 0 aliphatic heterocycles. The standard InChI is InChI=1S/C13H25N3/c1-4-6-7-8-9-13(14-3)12-10-15-16(5-2)11-12/h10-11,13-14H,4-9H2,1-3H3. The molecule has 0 radical (unpaired) electrons. The Balaban J connectivity index is 2.40. The van der Waals surface area contributed by atoms with Crippen molar-refractivity contribution in [3.63, 3.8) is 0 Å². The second-order valence-electron chi connectivity index (χ2n) is 4.32. The zero-order chi connectivity index (χ0) is 11.8. The summed E-state index contributed by atoms with van der Waals surface area (Å²) in [5.41, 5.74) is 1.32. The lowest BCUT2D eigenvalue weighted by Crippen LogP contribution is -2.15. The molecule has 1 rings (SSSR count). The van der Waals surface area contributed by atoms with Crippen molar-refractivity contribution in [2.45, 2.75) is 58.5 Å². The number of rotatable bonds is 8. The maximum absolute atomic E-state index is 4.32. The van der Waals surface area contributed by atoms with Crippen molar-refractivity contribution in [3.05, 3.63) is 18.0 Å². The SMILES string of the molecule is CCCCCCC(NC)c1cnn(CC)c1. The summed E-state index contributed by atoms with van der Waals surface area (Å²) in [6.07, 6.45) is 10.7. The fraction of sp³-hybridized carbons (Fsp3) is 0.769. The third kappa shape index (κ3) is 3.97. The van der Waals surface area contributed by atoms with E-state index >= 15 is 0 Å². The Hall–Kier alpha value is -0.830. The summed E-state index contributed by atoms with van der Waals surface area (Å²) in [6.45, 7) is 5.32. The zero-order valence-corrected chi connectivity index (χ0v) is 10.9. The van der Waals surface area contributed by atoms with Crippen LogP contribution in [0.5, 0.6) is 0 Å². The smallest absolute Gasteiger partial charge is 0.0537 e. The summed E-state index contributed by atoms with van der Waals surface area (Å²) >= 11 is 0. The number of aromatic nitrogens is 2. The van der Waals surface area contributed by atoms with Gasteiger partial charge in [0.15, 0.2) is 0 Å². The van der Waals surface area contributed by atoms with E-state index in [2.05, 4.69) is 30.5 Å². The van der Waals surface area contributed by atoms with Crippen LogP contribution in [0.15, 0.2) is 12.4 Å². The molecule has 0 aromatic carbocycles. The molecule has 0 saturated carbocycles. The van der Waals surface area contributed by atoms with E-state index < -0.39 is 0 Å². The molecule has 3 nitrogen and oxygen atoms in total. The predicted octanol–water partition coefficient (Wildman–Crippen LogP) is 3.13. The highest BCUT2D eigenvalue weighted by atomic mass is 15.3. The molecular formula is C13H25N3. The third-order valence-electron chi connectivity index (χ3n) is 3.07. The number of aryl methyl sites for hydroxylation is 1. The second-order valence-corrected chi connectivity index (χ2v) is 4.32. The Bertz CT molecular complexity index is 280. The fourth-order valence-electron chi connectivity index (χ4n) is 1.99. The van der Waals surface area contributed by atoms with Gasteiger partial charge in [-0.05, 0) is 20.4 Å². The summed E-state index contributed by atoms with van der Waals surface area (Å²) in [6, 6.07) is 0.470. The Morgan fingerprint density at radius 2 is 2.12 bits per heavy atom. The monoisotopic (exact) mass is 223 g/mol. The zero-order valence-electron chi connectivity index (χ0n) is 10.9. The molecule has 0 amide bonds.